The Balaban J connectivity index is 1.88. The van der Waals surface area contributed by atoms with E-state index in [-0.39, 0.29) is 28.3 Å². The lowest BCUT2D eigenvalue weighted by molar-refractivity contribution is -0.0692. The van der Waals surface area contributed by atoms with E-state index in [0.29, 0.717) is 12.8 Å². The van der Waals surface area contributed by atoms with Crippen molar-refractivity contribution in [2.45, 2.75) is 60.3 Å². The first-order chi connectivity index (χ1) is 23.4. The fourth-order valence-electron chi connectivity index (χ4n) is 7.37. The molecular formula is C34H39N5O7S2Si. The molecule has 5 aromatic rings. The number of aliphatic hydroxyl groups excluding tert-OH is 1. The average molecular weight is 722 g/mol. The molecule has 15 heteroatoms. The van der Waals surface area contributed by atoms with Crippen LogP contribution in [0.3, 0.4) is 0 Å². The van der Waals surface area contributed by atoms with E-state index in [9.17, 15) is 13.5 Å². The summed E-state index contributed by atoms with van der Waals surface area (Å²) in [7, 11) is -12.1. The third-order valence-electron chi connectivity index (χ3n) is 9.30. The summed E-state index contributed by atoms with van der Waals surface area (Å²) in [6.45, 7) is 3.07. The first-order valence-corrected chi connectivity index (χ1v) is 21.0. The van der Waals surface area contributed by atoms with Crippen molar-refractivity contribution < 1.29 is 30.9 Å². The van der Waals surface area contributed by atoms with Gasteiger partial charge < -0.3 is 15.6 Å². The number of aromatic nitrogens is 4. The van der Waals surface area contributed by atoms with E-state index in [2.05, 4.69) is 15.0 Å². The van der Waals surface area contributed by atoms with Gasteiger partial charge in [0.05, 0.1) is 22.8 Å². The van der Waals surface area contributed by atoms with Crippen LogP contribution in [0.15, 0.2) is 102 Å². The Bertz CT molecular complexity index is 2110. The number of aliphatic hydroxyl groups is 1. The fraction of sp³-hybridized carbons (Fsp3) is 0.324. The zero-order valence-corrected chi connectivity index (χ0v) is 30.2. The van der Waals surface area contributed by atoms with Crippen LogP contribution in [-0.4, -0.2) is 75.3 Å². The van der Waals surface area contributed by atoms with Crippen LogP contribution in [-0.2, 0) is 33.9 Å². The monoisotopic (exact) mass is 721 g/mol. The largest absolute Gasteiger partial charge is 0.394 e. The molecule has 258 valence electrons. The number of aryl methyl sites for hydroxylation is 1. The molecule has 0 radical (unpaired) electrons. The highest BCUT2D eigenvalue weighted by Crippen LogP contribution is 2.65. The number of nitrogens with zero attached hydrogens (tertiary/aromatic N) is 4. The maximum Gasteiger partial charge on any atom is 0.264 e. The quantitative estimate of drug-likeness (QED) is 0.143. The molecule has 0 spiro atoms. The highest BCUT2D eigenvalue weighted by molar-refractivity contribution is 7.92. The van der Waals surface area contributed by atoms with Crippen LogP contribution in [0.2, 0.25) is 5.04 Å². The summed E-state index contributed by atoms with van der Waals surface area (Å²) in [5, 5.41) is 8.51. The van der Waals surface area contributed by atoms with E-state index in [1.165, 1.54) is 29.4 Å². The molecule has 1 aliphatic rings. The van der Waals surface area contributed by atoms with Crippen molar-refractivity contribution in [2.24, 2.45) is 0 Å². The molecule has 6 rings (SSSR count). The van der Waals surface area contributed by atoms with Crippen molar-refractivity contribution in [3.05, 3.63) is 103 Å². The third-order valence-corrected chi connectivity index (χ3v) is 16.5. The Morgan fingerprint density at radius 1 is 0.939 bits per heavy atom. The SMILES string of the molecule is CCCC[C@@]1([SiH](c2ccccc2)c2ccccc2)[C@H](OS(C)(=O)=O)[C@@H](CO)O[C@]1(n1cnc2c(N)ncnc21)S(=O)(=O)c1ccc(C)cc1. The number of hydrogen-bond acceptors (Lipinski definition) is 11. The van der Waals surface area contributed by atoms with Crippen LogP contribution in [0.25, 0.3) is 11.2 Å². The average Bonchev–Trinajstić information content (AvgIpc) is 3.63. The molecule has 49 heavy (non-hydrogen) atoms. The molecule has 2 aromatic heterocycles. The van der Waals surface area contributed by atoms with Crippen LogP contribution in [0.1, 0.15) is 31.7 Å². The standard InChI is InChI=1S/C34H39N5O7S2Si/c1-4-5-20-33(49(26-12-8-6-9-13-26)27-14-10-7-11-15-27)30(46-47(3,41)42)28(21-40)45-34(33,48(43,44)25-18-16-24(2)17-19-25)39-23-38-29-31(35)36-22-37-32(29)39/h6-19,22-23,28,30,40,49H,4-5,20-21H2,1-3H3,(H2,35,36,37)/t28-,30-,33-,34+/m1/s1. The van der Waals surface area contributed by atoms with E-state index in [4.69, 9.17) is 14.7 Å². The summed E-state index contributed by atoms with van der Waals surface area (Å²) in [6.07, 6.45) is 1.78. The predicted octanol–water partition coefficient (Wildman–Crippen LogP) is 2.51. The third kappa shape index (κ3) is 5.77. The molecule has 0 bridgehead atoms. The summed E-state index contributed by atoms with van der Waals surface area (Å²) >= 11 is 0. The maximum atomic E-state index is 15.9. The lowest BCUT2D eigenvalue weighted by atomic mass is 9.91. The van der Waals surface area contributed by atoms with Crippen LogP contribution >= 0.6 is 0 Å². The van der Waals surface area contributed by atoms with E-state index in [1.54, 1.807) is 12.1 Å². The number of ether oxygens (including phenoxy) is 1. The molecule has 3 heterocycles. The smallest absolute Gasteiger partial charge is 0.264 e. The van der Waals surface area contributed by atoms with Crippen molar-refractivity contribution >= 4 is 56.1 Å². The minimum atomic E-state index is -4.73. The fourth-order valence-corrected chi connectivity index (χ4v) is 15.6. The van der Waals surface area contributed by atoms with E-state index in [1.807, 2.05) is 74.5 Å². The van der Waals surface area contributed by atoms with Gasteiger partial charge in [0.1, 0.15) is 39.2 Å². The van der Waals surface area contributed by atoms with Gasteiger partial charge in [-0.25, -0.2) is 23.4 Å². The van der Waals surface area contributed by atoms with Crippen LogP contribution < -0.4 is 16.1 Å². The van der Waals surface area contributed by atoms with Gasteiger partial charge in [0.25, 0.3) is 15.2 Å². The van der Waals surface area contributed by atoms with E-state index < -0.39 is 57.7 Å². The lowest BCUT2D eigenvalue weighted by Gasteiger charge is -2.50. The molecule has 3 aromatic carbocycles. The van der Waals surface area contributed by atoms with Gasteiger partial charge in [0.15, 0.2) is 11.5 Å². The zero-order chi connectivity index (χ0) is 35.0. The Labute approximate surface area is 287 Å². The number of benzene rings is 3. The predicted molar refractivity (Wildman–Crippen MR) is 189 cm³/mol. The van der Waals surface area contributed by atoms with Crippen molar-refractivity contribution in [1.29, 1.82) is 0 Å². The zero-order valence-electron chi connectivity index (χ0n) is 27.4. The lowest BCUT2D eigenvalue weighted by Crippen LogP contribution is -2.66. The van der Waals surface area contributed by atoms with Crippen molar-refractivity contribution in [3.63, 3.8) is 0 Å². The molecule has 1 saturated heterocycles. The van der Waals surface area contributed by atoms with Gasteiger partial charge in [-0.15, -0.1) is 0 Å². The van der Waals surface area contributed by atoms with Crippen molar-refractivity contribution in [3.8, 4) is 0 Å². The molecule has 3 N–H and O–H groups in total. The van der Waals surface area contributed by atoms with Gasteiger partial charge in [0.2, 0.25) is 9.84 Å². The molecular weight excluding hydrogens is 683 g/mol. The first kappa shape index (κ1) is 34.9. The van der Waals surface area contributed by atoms with Gasteiger partial charge in [-0.2, -0.15) is 8.42 Å². The maximum absolute atomic E-state index is 15.9. The summed E-state index contributed by atoms with van der Waals surface area (Å²) in [4.78, 5) is 13.0. The second-order valence-electron chi connectivity index (χ2n) is 12.4. The van der Waals surface area contributed by atoms with E-state index in [0.717, 1.165) is 22.2 Å². The molecule has 0 amide bonds. The Morgan fingerprint density at radius 2 is 1.55 bits per heavy atom. The number of nitrogen functional groups attached to an aromatic ring is 1. The molecule has 0 saturated carbocycles. The van der Waals surface area contributed by atoms with Crippen LogP contribution in [0.5, 0.6) is 0 Å². The number of anilines is 1. The van der Waals surface area contributed by atoms with Crippen molar-refractivity contribution in [1.82, 2.24) is 19.5 Å². The summed E-state index contributed by atoms with van der Waals surface area (Å²) < 4.78 is 72.6. The van der Waals surface area contributed by atoms with Crippen LogP contribution in [0, 0.1) is 6.92 Å². The molecule has 1 aliphatic heterocycles. The second-order valence-corrected chi connectivity index (χ2v) is 19.3. The van der Waals surface area contributed by atoms with Crippen molar-refractivity contribution in [2.75, 3.05) is 18.6 Å². The molecule has 12 nitrogen and oxygen atoms in total. The van der Waals surface area contributed by atoms with E-state index >= 15 is 8.42 Å². The molecule has 0 aliphatic carbocycles. The molecule has 4 atom stereocenters. The van der Waals surface area contributed by atoms with Gasteiger partial charge in [-0.1, -0.05) is 108 Å². The number of imidazole rings is 1. The van der Waals surface area contributed by atoms with Gasteiger partial charge in [-0.3, -0.25) is 8.75 Å². The Morgan fingerprint density at radius 3 is 2.10 bits per heavy atom. The van der Waals surface area contributed by atoms with Gasteiger partial charge >= 0.3 is 0 Å². The van der Waals surface area contributed by atoms with Gasteiger partial charge in [0, 0.05) is 0 Å². The highest BCUT2D eigenvalue weighted by atomic mass is 32.2. The first-order valence-electron chi connectivity index (χ1n) is 15.9. The minimum Gasteiger partial charge on any atom is -0.394 e. The number of hydrogen-bond donors (Lipinski definition) is 2. The van der Waals surface area contributed by atoms with Crippen LogP contribution in [0.4, 0.5) is 5.82 Å². The highest BCUT2D eigenvalue weighted by Gasteiger charge is 2.77. The second kappa shape index (κ2) is 13.4. The number of unbranched alkanes of at least 4 members (excludes halogenated alkanes) is 1. The summed E-state index contributed by atoms with van der Waals surface area (Å²) in [5.41, 5.74) is 7.28. The summed E-state index contributed by atoms with van der Waals surface area (Å²) in [5.74, 6) is 0.0198. The number of fused-ring (bicyclic) bond motifs is 1. The number of sulfone groups is 1. The Hall–Kier alpha value is -3.99. The normalized spacial score (nSPS) is 23.0. The molecule has 1 fully saturated rings. The number of nitrogens with two attached hydrogens (primary N) is 1. The van der Waals surface area contributed by atoms with Gasteiger partial charge in [-0.05, 0) is 25.5 Å². The summed E-state index contributed by atoms with van der Waals surface area (Å²) in [6, 6.07) is 25.3. The topological polar surface area (TPSA) is 177 Å². The number of rotatable bonds is 12. The molecule has 0 unspecified atom stereocenters. The Kier molecular flexibility index (Phi) is 9.51. The minimum absolute atomic E-state index is 0.0198.